The van der Waals surface area contributed by atoms with E-state index in [1.165, 1.54) is 6.08 Å². The minimum atomic E-state index is -0.0235. The lowest BCUT2D eigenvalue weighted by Crippen LogP contribution is -2.07. The first-order valence-corrected chi connectivity index (χ1v) is 5.46. The van der Waals surface area contributed by atoms with Crippen LogP contribution in [0.5, 0.6) is 0 Å². The van der Waals surface area contributed by atoms with Crippen molar-refractivity contribution in [2.24, 2.45) is 0 Å². The van der Waals surface area contributed by atoms with Gasteiger partial charge in [0, 0.05) is 31.4 Å². The lowest BCUT2D eigenvalue weighted by Gasteiger charge is -2.11. The smallest absolute Gasteiger partial charge is 0.138 e. The molecule has 0 N–H and O–H groups in total. The molecule has 90 valence electrons. The number of nitriles is 2. The number of anilines is 1. The van der Waals surface area contributed by atoms with Crippen molar-refractivity contribution in [3.05, 3.63) is 41.5 Å². The maximum atomic E-state index is 8.48. The molecule has 1 aromatic rings. The van der Waals surface area contributed by atoms with Crippen LogP contribution >= 0.6 is 0 Å². The van der Waals surface area contributed by atoms with Crippen LogP contribution in [-0.2, 0) is 0 Å². The van der Waals surface area contributed by atoms with Crippen molar-refractivity contribution in [2.75, 3.05) is 19.0 Å². The number of hydrogen-bond donors (Lipinski definition) is 0. The highest BCUT2D eigenvalue weighted by Gasteiger charge is 1.92. The van der Waals surface area contributed by atoms with E-state index in [1.807, 2.05) is 43.3 Å². The third-order valence-electron chi connectivity index (χ3n) is 2.18. The summed E-state index contributed by atoms with van der Waals surface area (Å²) in [5.41, 5.74) is 1.95. The molecule has 0 fully saturated rings. The maximum absolute atomic E-state index is 8.48. The summed E-state index contributed by atoms with van der Waals surface area (Å²) in [4.78, 5) is 2.01. The number of benzene rings is 1. The van der Waals surface area contributed by atoms with Gasteiger partial charge in [0.15, 0.2) is 0 Å². The van der Waals surface area contributed by atoms with Gasteiger partial charge in [-0.05, 0) is 36.1 Å². The predicted octanol–water partition coefficient (Wildman–Crippen LogP) is 2.08. The highest BCUT2D eigenvalue weighted by molar-refractivity contribution is 5.51. The largest absolute Gasteiger partial charge is 0.378 e. The van der Waals surface area contributed by atoms with Crippen LogP contribution < -0.4 is 4.90 Å². The summed E-state index contributed by atoms with van der Waals surface area (Å²) in [5, 5.41) is 17.0. The number of allylic oxidation sites excluding steroid dienone is 2. The molecule has 0 radical (unpaired) electrons. The van der Waals surface area contributed by atoms with Crippen LogP contribution in [0.3, 0.4) is 0 Å². The topological polar surface area (TPSA) is 50.8 Å². The van der Waals surface area contributed by atoms with Gasteiger partial charge in [0.25, 0.3) is 0 Å². The van der Waals surface area contributed by atoms with Gasteiger partial charge in [-0.15, -0.1) is 0 Å². The molecule has 0 saturated heterocycles. The zero-order valence-corrected chi connectivity index (χ0v) is 10.7. The van der Waals surface area contributed by atoms with Crippen LogP contribution in [0, 0.1) is 46.3 Å². The fraction of sp³-hybridized carbons (Fsp3) is 0.125. The molecule has 0 heterocycles. The zero-order valence-electron chi connectivity index (χ0n) is 10.7. The fourth-order valence-corrected chi connectivity index (χ4v) is 1.18. The summed E-state index contributed by atoms with van der Waals surface area (Å²) in [7, 11) is 3.95. The van der Waals surface area contributed by atoms with Crippen LogP contribution in [0.2, 0.25) is 0 Å². The average Bonchev–Trinajstić information content (AvgIpc) is 2.43. The van der Waals surface area contributed by atoms with Gasteiger partial charge in [0.05, 0.1) is 0 Å². The van der Waals surface area contributed by atoms with Crippen molar-refractivity contribution in [1.29, 1.82) is 10.5 Å². The Labute approximate surface area is 113 Å². The van der Waals surface area contributed by atoms with Crippen LogP contribution in [0.25, 0.3) is 0 Å². The second kappa shape index (κ2) is 7.24. The third-order valence-corrected chi connectivity index (χ3v) is 2.18. The molecule has 0 saturated carbocycles. The van der Waals surface area contributed by atoms with Crippen molar-refractivity contribution in [1.82, 2.24) is 0 Å². The molecule has 0 amide bonds. The third kappa shape index (κ3) is 4.70. The number of rotatable bonds is 1. The Kier molecular flexibility index (Phi) is 5.30. The summed E-state index contributed by atoms with van der Waals surface area (Å²) < 4.78 is 0. The Bertz CT molecular complexity index is 656. The molecule has 0 atom stereocenters. The molecular weight excluding hydrogens is 234 g/mol. The monoisotopic (exact) mass is 245 g/mol. The van der Waals surface area contributed by atoms with Gasteiger partial charge >= 0.3 is 0 Å². The van der Waals surface area contributed by atoms with E-state index in [0.29, 0.717) is 0 Å². The molecule has 19 heavy (non-hydrogen) atoms. The summed E-state index contributed by atoms with van der Waals surface area (Å²) in [6, 6.07) is 11.2. The van der Waals surface area contributed by atoms with E-state index in [9.17, 15) is 0 Å². The summed E-state index contributed by atoms with van der Waals surface area (Å²) in [6.07, 6.45) is 1.25. The van der Waals surface area contributed by atoms with E-state index in [-0.39, 0.29) is 5.57 Å². The summed E-state index contributed by atoms with van der Waals surface area (Å²) >= 11 is 0. The van der Waals surface area contributed by atoms with Crippen LogP contribution in [0.15, 0.2) is 35.9 Å². The highest BCUT2D eigenvalue weighted by atomic mass is 15.1. The number of hydrogen-bond acceptors (Lipinski definition) is 3. The minimum Gasteiger partial charge on any atom is -0.378 e. The lowest BCUT2D eigenvalue weighted by molar-refractivity contribution is 1.13. The first-order chi connectivity index (χ1) is 9.17. The summed E-state index contributed by atoms with van der Waals surface area (Å²) in [6.45, 7) is 0. The molecule has 0 unspecified atom stereocenters. The van der Waals surface area contributed by atoms with E-state index in [0.717, 1.165) is 11.3 Å². The van der Waals surface area contributed by atoms with Gasteiger partial charge in [0.2, 0.25) is 0 Å². The van der Waals surface area contributed by atoms with Gasteiger partial charge in [-0.3, -0.25) is 0 Å². The van der Waals surface area contributed by atoms with Gasteiger partial charge in [0.1, 0.15) is 17.7 Å². The standard InChI is InChI=1S/C16H11N3/c1-19(2)16-10-8-14(9-11-16)6-4-3-5-7-15(12-17)13-18/h7-11H,1-2H3. The molecule has 0 spiro atoms. The maximum Gasteiger partial charge on any atom is 0.138 e. The van der Waals surface area contributed by atoms with Crippen molar-refractivity contribution < 1.29 is 0 Å². The van der Waals surface area contributed by atoms with E-state index in [2.05, 4.69) is 23.7 Å². The SMILES string of the molecule is CN(C)c1ccc(C#CC#CC=C(C#N)C#N)cc1. The quantitative estimate of drug-likeness (QED) is 0.562. The van der Waals surface area contributed by atoms with Crippen LogP contribution in [0.1, 0.15) is 5.56 Å². The molecule has 3 heteroatoms. The van der Waals surface area contributed by atoms with Crippen molar-refractivity contribution in [3.63, 3.8) is 0 Å². The Morgan fingerprint density at radius 1 is 1.05 bits per heavy atom. The van der Waals surface area contributed by atoms with Crippen molar-refractivity contribution >= 4 is 5.69 Å². The Morgan fingerprint density at radius 2 is 1.68 bits per heavy atom. The summed E-state index contributed by atoms with van der Waals surface area (Å²) in [5.74, 6) is 10.7. The van der Waals surface area contributed by atoms with Crippen molar-refractivity contribution in [2.45, 2.75) is 0 Å². The Hall–Kier alpha value is -3.14. The first-order valence-electron chi connectivity index (χ1n) is 5.46. The average molecular weight is 245 g/mol. The molecule has 1 aromatic carbocycles. The number of nitrogens with zero attached hydrogens (tertiary/aromatic N) is 3. The predicted molar refractivity (Wildman–Crippen MR) is 74.7 cm³/mol. The Balaban J connectivity index is 2.76. The van der Waals surface area contributed by atoms with Gasteiger partial charge in [-0.25, -0.2) is 0 Å². The van der Waals surface area contributed by atoms with E-state index >= 15 is 0 Å². The lowest BCUT2D eigenvalue weighted by atomic mass is 10.2. The normalized spacial score (nSPS) is 7.58. The van der Waals surface area contributed by atoms with Crippen LogP contribution in [-0.4, -0.2) is 14.1 Å². The van der Waals surface area contributed by atoms with E-state index in [4.69, 9.17) is 10.5 Å². The second-order valence-electron chi connectivity index (χ2n) is 3.74. The minimum absolute atomic E-state index is 0.0235. The first kappa shape index (κ1) is 13.9. The van der Waals surface area contributed by atoms with Gasteiger partial charge in [-0.2, -0.15) is 10.5 Å². The molecule has 0 aliphatic carbocycles. The Morgan fingerprint density at radius 3 is 2.21 bits per heavy atom. The molecule has 0 aromatic heterocycles. The molecule has 1 rings (SSSR count). The zero-order chi connectivity index (χ0) is 14.1. The molecule has 0 bridgehead atoms. The molecule has 0 aliphatic heterocycles. The van der Waals surface area contributed by atoms with Crippen LogP contribution in [0.4, 0.5) is 5.69 Å². The van der Waals surface area contributed by atoms with E-state index < -0.39 is 0 Å². The van der Waals surface area contributed by atoms with Gasteiger partial charge < -0.3 is 4.90 Å². The fourth-order valence-electron chi connectivity index (χ4n) is 1.18. The van der Waals surface area contributed by atoms with Crippen molar-refractivity contribution in [3.8, 4) is 35.8 Å². The van der Waals surface area contributed by atoms with Gasteiger partial charge in [-0.1, -0.05) is 11.8 Å². The highest BCUT2D eigenvalue weighted by Crippen LogP contribution is 2.11. The molecule has 0 aliphatic rings. The molecule has 3 nitrogen and oxygen atoms in total. The van der Waals surface area contributed by atoms with E-state index in [1.54, 1.807) is 12.1 Å². The molecular formula is C16H11N3. The second-order valence-corrected chi connectivity index (χ2v) is 3.74.